The number of ether oxygens (including phenoxy) is 1. The number of phenols is 1. The third-order valence-corrected chi connectivity index (χ3v) is 5.59. The Balaban J connectivity index is 1.69. The van der Waals surface area contributed by atoms with Crippen LogP contribution in [0.4, 0.5) is 13.2 Å². The maximum atomic E-state index is 13.1. The predicted octanol–water partition coefficient (Wildman–Crippen LogP) is 5.97. The van der Waals surface area contributed by atoms with Gasteiger partial charge in [-0.2, -0.15) is 18.4 Å². The monoisotopic (exact) mass is 503 g/mol. The number of hydrogen-bond acceptors (Lipinski definition) is 5. The molecule has 1 aromatic heterocycles. The quantitative estimate of drug-likeness (QED) is 0.327. The zero-order valence-electron chi connectivity index (χ0n) is 19.6. The van der Waals surface area contributed by atoms with Crippen molar-refractivity contribution >= 4 is 22.5 Å². The molecular formula is C28H20F3N3O3. The lowest BCUT2D eigenvalue weighted by atomic mass is 9.99. The van der Waals surface area contributed by atoms with Crippen molar-refractivity contribution in [3.05, 3.63) is 95.2 Å². The molecule has 0 aliphatic heterocycles. The molecule has 4 aromatic rings. The number of benzene rings is 3. The van der Waals surface area contributed by atoms with Crippen LogP contribution in [0.25, 0.3) is 22.0 Å². The number of phenolic OH excluding ortho intramolecular Hbond substituents is 1. The maximum absolute atomic E-state index is 13.1. The first-order chi connectivity index (χ1) is 17.7. The number of pyridine rings is 1. The lowest BCUT2D eigenvalue weighted by Gasteiger charge is -2.10. The summed E-state index contributed by atoms with van der Waals surface area (Å²) in [5.41, 5.74) is 1.71. The molecule has 0 atom stereocenters. The lowest BCUT2D eigenvalue weighted by molar-refractivity contribution is -0.137. The molecule has 0 aliphatic rings. The van der Waals surface area contributed by atoms with Gasteiger partial charge in [0.1, 0.15) is 11.4 Å². The van der Waals surface area contributed by atoms with E-state index in [9.17, 15) is 28.3 Å². The van der Waals surface area contributed by atoms with E-state index in [2.05, 4.69) is 9.98 Å². The standard InChI is InChI=1S/C28H20F3N3O3/c1-37-16-22(11-17-5-8-23(35)9-6-17)33-27(36)26-14-20(15-32)24-13-19(7-10-25(24)34-26)18-3-2-4-21(12-18)28(29,30)31/h2-10,12-14,35H,11,16H2,1H3. The normalized spacial score (nSPS) is 11.9. The van der Waals surface area contributed by atoms with Crippen LogP contribution in [0.5, 0.6) is 5.75 Å². The van der Waals surface area contributed by atoms with Crippen molar-refractivity contribution in [2.24, 2.45) is 4.99 Å². The van der Waals surface area contributed by atoms with Crippen LogP contribution in [0, 0.1) is 11.3 Å². The third-order valence-electron chi connectivity index (χ3n) is 5.59. The molecule has 0 bridgehead atoms. The third kappa shape index (κ3) is 6.00. The minimum atomic E-state index is -4.48. The molecule has 4 rings (SSSR count). The maximum Gasteiger partial charge on any atom is 0.416 e. The van der Waals surface area contributed by atoms with Crippen molar-refractivity contribution < 1.29 is 27.8 Å². The van der Waals surface area contributed by atoms with Crippen LogP contribution < -0.4 is 0 Å². The van der Waals surface area contributed by atoms with Gasteiger partial charge in [-0.05, 0) is 59.2 Å². The summed E-state index contributed by atoms with van der Waals surface area (Å²) < 4.78 is 44.6. The number of halogens is 3. The summed E-state index contributed by atoms with van der Waals surface area (Å²) in [4.78, 5) is 21.4. The second kappa shape index (κ2) is 10.6. The molecule has 186 valence electrons. The fourth-order valence-electron chi connectivity index (χ4n) is 3.82. The van der Waals surface area contributed by atoms with E-state index in [1.165, 1.54) is 31.4 Å². The van der Waals surface area contributed by atoms with Crippen LogP contribution in [0.1, 0.15) is 27.2 Å². The van der Waals surface area contributed by atoms with Crippen molar-refractivity contribution in [3.8, 4) is 22.9 Å². The molecule has 0 aliphatic carbocycles. The van der Waals surface area contributed by atoms with E-state index in [0.29, 0.717) is 34.2 Å². The molecule has 1 amide bonds. The van der Waals surface area contributed by atoms with Crippen molar-refractivity contribution in [2.75, 3.05) is 13.7 Å². The Bertz CT molecular complexity index is 1540. The number of amides is 1. The molecule has 0 unspecified atom stereocenters. The average molecular weight is 503 g/mol. The van der Waals surface area contributed by atoms with Crippen molar-refractivity contribution in [1.82, 2.24) is 4.98 Å². The molecule has 0 radical (unpaired) electrons. The van der Waals surface area contributed by atoms with E-state index in [4.69, 9.17) is 4.74 Å². The number of aromatic nitrogens is 1. The van der Waals surface area contributed by atoms with Gasteiger partial charge in [0, 0.05) is 18.9 Å². The van der Waals surface area contributed by atoms with Gasteiger partial charge in [-0.15, -0.1) is 0 Å². The van der Waals surface area contributed by atoms with Gasteiger partial charge in [0.2, 0.25) is 0 Å². The first kappa shape index (κ1) is 25.5. The number of aliphatic imine (C=N–C) groups is 1. The van der Waals surface area contributed by atoms with E-state index in [0.717, 1.165) is 17.7 Å². The van der Waals surface area contributed by atoms with Crippen LogP contribution in [0.2, 0.25) is 0 Å². The molecule has 1 heterocycles. The Labute approximate surface area is 210 Å². The summed E-state index contributed by atoms with van der Waals surface area (Å²) in [5.74, 6) is -0.545. The van der Waals surface area contributed by atoms with Gasteiger partial charge in [0.25, 0.3) is 5.91 Å². The molecule has 0 saturated heterocycles. The summed E-state index contributed by atoms with van der Waals surface area (Å²) in [6.07, 6.45) is -4.18. The SMILES string of the molecule is COCC(Cc1ccc(O)cc1)=NC(=O)c1cc(C#N)c2cc(-c3cccc(C(F)(F)F)c3)ccc2n1. The molecule has 0 fully saturated rings. The van der Waals surface area contributed by atoms with Crippen molar-refractivity contribution in [2.45, 2.75) is 12.6 Å². The number of aromatic hydroxyl groups is 1. The topological polar surface area (TPSA) is 95.6 Å². The number of rotatable bonds is 6. The number of hydrogen-bond donors (Lipinski definition) is 1. The summed E-state index contributed by atoms with van der Waals surface area (Å²) in [6.45, 7) is 0.0889. The second-order valence-electron chi connectivity index (χ2n) is 8.24. The Hall–Kier alpha value is -4.55. The minimum absolute atomic E-state index is 0.0461. The summed E-state index contributed by atoms with van der Waals surface area (Å²) >= 11 is 0. The highest BCUT2D eigenvalue weighted by molar-refractivity contribution is 6.05. The highest BCUT2D eigenvalue weighted by Gasteiger charge is 2.30. The van der Waals surface area contributed by atoms with Gasteiger partial charge in [-0.1, -0.05) is 30.3 Å². The summed E-state index contributed by atoms with van der Waals surface area (Å²) in [5, 5.41) is 19.6. The highest BCUT2D eigenvalue weighted by atomic mass is 19.4. The molecule has 0 saturated carbocycles. The van der Waals surface area contributed by atoms with Crippen molar-refractivity contribution in [1.29, 1.82) is 5.26 Å². The Kier molecular flexibility index (Phi) is 7.32. The first-order valence-corrected chi connectivity index (χ1v) is 11.1. The minimum Gasteiger partial charge on any atom is -0.508 e. The van der Waals surface area contributed by atoms with Crippen molar-refractivity contribution in [3.63, 3.8) is 0 Å². The van der Waals surface area contributed by atoms with Gasteiger partial charge >= 0.3 is 6.18 Å². The average Bonchev–Trinajstić information content (AvgIpc) is 2.88. The number of carbonyl (C=O) groups is 1. The zero-order chi connectivity index (χ0) is 26.6. The largest absolute Gasteiger partial charge is 0.508 e. The molecule has 3 aromatic carbocycles. The number of carbonyl (C=O) groups excluding carboxylic acids is 1. The van der Waals surface area contributed by atoms with Gasteiger partial charge in [-0.25, -0.2) is 9.98 Å². The second-order valence-corrected chi connectivity index (χ2v) is 8.24. The molecule has 6 nitrogen and oxygen atoms in total. The molecular weight excluding hydrogens is 483 g/mol. The number of alkyl halides is 3. The molecule has 9 heteroatoms. The van der Waals surface area contributed by atoms with E-state index in [1.807, 2.05) is 6.07 Å². The van der Waals surface area contributed by atoms with E-state index in [1.54, 1.807) is 36.4 Å². The van der Waals surface area contributed by atoms with E-state index in [-0.39, 0.29) is 23.6 Å². The highest BCUT2D eigenvalue weighted by Crippen LogP contribution is 2.33. The van der Waals surface area contributed by atoms with Crippen LogP contribution in [-0.4, -0.2) is 35.4 Å². The Morgan fingerprint density at radius 1 is 1.05 bits per heavy atom. The number of fused-ring (bicyclic) bond motifs is 1. The fraction of sp³-hybridized carbons (Fsp3) is 0.143. The van der Waals surface area contributed by atoms with Crippen LogP contribution in [0.15, 0.2) is 77.8 Å². The van der Waals surface area contributed by atoms with Crippen LogP contribution >= 0.6 is 0 Å². The predicted molar refractivity (Wildman–Crippen MR) is 132 cm³/mol. The molecule has 1 N–H and O–H groups in total. The van der Waals surface area contributed by atoms with Gasteiger partial charge in [0.15, 0.2) is 0 Å². The Morgan fingerprint density at radius 2 is 1.78 bits per heavy atom. The lowest BCUT2D eigenvalue weighted by Crippen LogP contribution is -2.14. The number of methoxy groups -OCH3 is 1. The first-order valence-electron chi connectivity index (χ1n) is 11.1. The van der Waals surface area contributed by atoms with Crippen LogP contribution in [-0.2, 0) is 17.3 Å². The fourth-order valence-corrected chi connectivity index (χ4v) is 3.82. The van der Waals surface area contributed by atoms with E-state index < -0.39 is 17.6 Å². The molecule has 0 spiro atoms. The van der Waals surface area contributed by atoms with Gasteiger partial charge < -0.3 is 9.84 Å². The smallest absolute Gasteiger partial charge is 0.416 e. The zero-order valence-corrected chi connectivity index (χ0v) is 19.6. The summed E-state index contributed by atoms with van der Waals surface area (Å²) in [6, 6.07) is 19.4. The van der Waals surface area contributed by atoms with Gasteiger partial charge in [0.05, 0.1) is 35.0 Å². The molecule has 37 heavy (non-hydrogen) atoms. The Morgan fingerprint density at radius 3 is 2.46 bits per heavy atom. The van der Waals surface area contributed by atoms with Crippen LogP contribution in [0.3, 0.4) is 0 Å². The van der Waals surface area contributed by atoms with Gasteiger partial charge in [-0.3, -0.25) is 4.79 Å². The number of nitriles is 1. The number of nitrogens with zero attached hydrogens (tertiary/aromatic N) is 3. The summed E-state index contributed by atoms with van der Waals surface area (Å²) in [7, 11) is 1.47. The van der Waals surface area contributed by atoms with E-state index >= 15 is 0 Å².